The second-order valence-corrected chi connectivity index (χ2v) is 3.85. The molecule has 0 heterocycles. The van der Waals surface area contributed by atoms with Crippen molar-refractivity contribution in [1.82, 2.24) is 5.32 Å². The Morgan fingerprint density at radius 2 is 2.14 bits per heavy atom. The molecular weight excluding hydrogens is 182 g/mol. The molecule has 2 N–H and O–H groups in total. The Morgan fingerprint density at radius 1 is 1.50 bits per heavy atom. The van der Waals surface area contributed by atoms with Crippen LogP contribution in [0.3, 0.4) is 0 Å². The van der Waals surface area contributed by atoms with Crippen molar-refractivity contribution in [2.45, 2.75) is 32.8 Å². The van der Waals surface area contributed by atoms with Crippen molar-refractivity contribution < 1.29 is 14.6 Å². The monoisotopic (exact) mass is 203 g/mol. The molecule has 0 aliphatic carbocycles. The maximum absolute atomic E-state index is 11.2. The largest absolute Gasteiger partial charge is 0.389 e. The summed E-state index contributed by atoms with van der Waals surface area (Å²) in [5.74, 6) is 0.526. The number of amides is 1. The van der Waals surface area contributed by atoms with Gasteiger partial charge < -0.3 is 15.2 Å². The van der Waals surface area contributed by atoms with Gasteiger partial charge in [0.15, 0.2) is 0 Å². The first-order valence-electron chi connectivity index (χ1n) is 5.00. The summed E-state index contributed by atoms with van der Waals surface area (Å²) >= 11 is 0. The summed E-state index contributed by atoms with van der Waals surface area (Å²) in [6.45, 7) is 4.68. The number of hydrogen-bond donors (Lipinski definition) is 2. The molecule has 1 atom stereocenters. The summed E-state index contributed by atoms with van der Waals surface area (Å²) < 4.78 is 4.73. The van der Waals surface area contributed by atoms with Gasteiger partial charge >= 0.3 is 0 Å². The second kappa shape index (κ2) is 7.76. The van der Waals surface area contributed by atoms with Crippen molar-refractivity contribution in [3.63, 3.8) is 0 Å². The quantitative estimate of drug-likeness (QED) is 0.635. The second-order valence-electron chi connectivity index (χ2n) is 3.85. The van der Waals surface area contributed by atoms with E-state index in [4.69, 9.17) is 4.74 Å². The van der Waals surface area contributed by atoms with Crippen molar-refractivity contribution in [3.05, 3.63) is 0 Å². The van der Waals surface area contributed by atoms with Gasteiger partial charge in [-0.15, -0.1) is 0 Å². The smallest absolute Gasteiger partial charge is 0.220 e. The van der Waals surface area contributed by atoms with Gasteiger partial charge in [-0.05, 0) is 12.3 Å². The summed E-state index contributed by atoms with van der Waals surface area (Å²) in [6.07, 6.45) is 0.798. The van der Waals surface area contributed by atoms with Gasteiger partial charge in [0.05, 0.1) is 12.7 Å². The third-order valence-corrected chi connectivity index (χ3v) is 1.84. The Balaban J connectivity index is 3.43. The lowest BCUT2D eigenvalue weighted by Crippen LogP contribution is -2.34. The molecule has 0 aromatic heterocycles. The van der Waals surface area contributed by atoms with Gasteiger partial charge in [-0.2, -0.15) is 0 Å². The molecule has 0 saturated heterocycles. The van der Waals surface area contributed by atoms with Crippen molar-refractivity contribution in [2.24, 2.45) is 5.92 Å². The van der Waals surface area contributed by atoms with Crippen LogP contribution in [0.2, 0.25) is 0 Å². The number of carbonyl (C=O) groups excluding carboxylic acids is 1. The maximum atomic E-state index is 11.2. The van der Waals surface area contributed by atoms with E-state index in [1.54, 1.807) is 0 Å². The molecule has 4 heteroatoms. The van der Waals surface area contributed by atoms with Crippen LogP contribution in [0.15, 0.2) is 0 Å². The van der Waals surface area contributed by atoms with Gasteiger partial charge in [-0.25, -0.2) is 0 Å². The standard InChI is InChI=1S/C10H21NO3/c1-8(2)4-5-10(13)11-6-9(12)7-14-3/h8-9,12H,4-7H2,1-3H3,(H,11,13). The first-order chi connectivity index (χ1) is 6.56. The lowest BCUT2D eigenvalue weighted by atomic mass is 10.1. The minimum absolute atomic E-state index is 0.00569. The first-order valence-corrected chi connectivity index (χ1v) is 5.00. The molecule has 4 nitrogen and oxygen atoms in total. The zero-order valence-electron chi connectivity index (χ0n) is 9.25. The zero-order chi connectivity index (χ0) is 11.0. The molecule has 0 rings (SSSR count). The van der Waals surface area contributed by atoms with Gasteiger partial charge in [-0.3, -0.25) is 4.79 Å². The molecule has 0 aromatic rings. The predicted molar refractivity (Wildman–Crippen MR) is 55.0 cm³/mol. The lowest BCUT2D eigenvalue weighted by Gasteiger charge is -2.11. The first kappa shape index (κ1) is 13.4. The van der Waals surface area contributed by atoms with Crippen molar-refractivity contribution in [1.29, 1.82) is 0 Å². The highest BCUT2D eigenvalue weighted by Gasteiger charge is 2.06. The highest BCUT2D eigenvalue weighted by atomic mass is 16.5. The van der Waals surface area contributed by atoms with E-state index in [0.717, 1.165) is 6.42 Å². The highest BCUT2D eigenvalue weighted by molar-refractivity contribution is 5.75. The third-order valence-electron chi connectivity index (χ3n) is 1.84. The molecule has 0 bridgehead atoms. The zero-order valence-corrected chi connectivity index (χ0v) is 9.25. The van der Waals surface area contributed by atoms with E-state index in [-0.39, 0.29) is 19.1 Å². The fraction of sp³-hybridized carbons (Fsp3) is 0.900. The van der Waals surface area contributed by atoms with Crippen LogP contribution in [0.4, 0.5) is 0 Å². The SMILES string of the molecule is COCC(O)CNC(=O)CCC(C)C. The number of aliphatic hydroxyl groups excluding tert-OH is 1. The Morgan fingerprint density at radius 3 is 2.64 bits per heavy atom. The van der Waals surface area contributed by atoms with Gasteiger partial charge in [0.1, 0.15) is 0 Å². The highest BCUT2D eigenvalue weighted by Crippen LogP contribution is 2.02. The van der Waals surface area contributed by atoms with Crippen LogP contribution in [0.1, 0.15) is 26.7 Å². The Labute approximate surface area is 85.6 Å². The Kier molecular flexibility index (Phi) is 7.42. The van der Waals surface area contributed by atoms with E-state index < -0.39 is 6.10 Å². The van der Waals surface area contributed by atoms with Crippen LogP contribution in [0, 0.1) is 5.92 Å². The molecule has 0 aliphatic rings. The van der Waals surface area contributed by atoms with E-state index in [9.17, 15) is 9.90 Å². The van der Waals surface area contributed by atoms with Crippen molar-refractivity contribution >= 4 is 5.91 Å². The lowest BCUT2D eigenvalue weighted by molar-refractivity contribution is -0.122. The summed E-state index contributed by atoms with van der Waals surface area (Å²) in [5, 5.41) is 11.9. The predicted octanol–water partition coefficient (Wildman–Crippen LogP) is 0.546. The number of hydrogen-bond acceptors (Lipinski definition) is 3. The van der Waals surface area contributed by atoms with Crippen molar-refractivity contribution in [2.75, 3.05) is 20.3 Å². The normalized spacial score (nSPS) is 12.9. The van der Waals surface area contributed by atoms with E-state index in [0.29, 0.717) is 12.3 Å². The fourth-order valence-electron chi connectivity index (χ4n) is 0.991. The van der Waals surface area contributed by atoms with Crippen LogP contribution in [-0.2, 0) is 9.53 Å². The topological polar surface area (TPSA) is 58.6 Å². The van der Waals surface area contributed by atoms with Crippen LogP contribution >= 0.6 is 0 Å². The van der Waals surface area contributed by atoms with E-state index in [1.807, 2.05) is 0 Å². The number of rotatable bonds is 7. The third kappa shape index (κ3) is 8.01. The number of aliphatic hydroxyl groups is 1. The van der Waals surface area contributed by atoms with Crippen LogP contribution < -0.4 is 5.32 Å². The average Bonchev–Trinajstić information content (AvgIpc) is 2.12. The van der Waals surface area contributed by atoms with E-state index >= 15 is 0 Å². The molecular formula is C10H21NO3. The molecule has 1 unspecified atom stereocenters. The average molecular weight is 203 g/mol. The van der Waals surface area contributed by atoms with Crippen LogP contribution in [0.25, 0.3) is 0 Å². The number of methoxy groups -OCH3 is 1. The van der Waals surface area contributed by atoms with Gasteiger partial charge in [0.2, 0.25) is 5.91 Å². The van der Waals surface area contributed by atoms with Gasteiger partial charge in [0.25, 0.3) is 0 Å². The molecule has 0 aromatic carbocycles. The molecule has 84 valence electrons. The van der Waals surface area contributed by atoms with E-state index in [2.05, 4.69) is 19.2 Å². The molecule has 1 amide bonds. The minimum Gasteiger partial charge on any atom is -0.389 e. The maximum Gasteiger partial charge on any atom is 0.220 e. The summed E-state index contributed by atoms with van der Waals surface area (Å²) in [7, 11) is 1.52. The molecule has 0 aliphatic heterocycles. The fourth-order valence-corrected chi connectivity index (χ4v) is 0.991. The number of nitrogens with one attached hydrogen (secondary N) is 1. The van der Waals surface area contributed by atoms with Gasteiger partial charge in [-0.1, -0.05) is 13.8 Å². The van der Waals surface area contributed by atoms with Gasteiger partial charge in [0, 0.05) is 20.1 Å². The molecule has 14 heavy (non-hydrogen) atoms. The summed E-state index contributed by atoms with van der Waals surface area (Å²) in [5.41, 5.74) is 0. The van der Waals surface area contributed by atoms with E-state index in [1.165, 1.54) is 7.11 Å². The van der Waals surface area contributed by atoms with Crippen LogP contribution in [-0.4, -0.2) is 37.4 Å². The Bertz CT molecular complexity index is 159. The molecule has 0 radical (unpaired) electrons. The molecule has 0 fully saturated rings. The minimum atomic E-state index is -0.608. The Hall–Kier alpha value is -0.610. The van der Waals surface area contributed by atoms with Crippen LogP contribution in [0.5, 0.6) is 0 Å². The molecule has 0 saturated carbocycles. The summed E-state index contributed by atoms with van der Waals surface area (Å²) in [6, 6.07) is 0. The van der Waals surface area contributed by atoms with Crippen molar-refractivity contribution in [3.8, 4) is 0 Å². The summed E-state index contributed by atoms with van der Waals surface area (Å²) in [4.78, 5) is 11.2. The number of carbonyl (C=O) groups is 1. The number of ether oxygens (including phenoxy) is 1. The molecule has 0 spiro atoms.